The molecule has 0 aliphatic carbocycles. The maximum atomic E-state index is 12.5. The van der Waals surface area contributed by atoms with Gasteiger partial charge in [0.05, 0.1) is 19.3 Å². The number of ketones is 1. The normalized spacial score (nSPS) is 33.7. The summed E-state index contributed by atoms with van der Waals surface area (Å²) in [6, 6.07) is 0. The molecule has 0 amide bonds. The van der Waals surface area contributed by atoms with Crippen LogP contribution in [0.25, 0.3) is 0 Å². The number of carbonyl (C=O) groups excluding carboxylic acids is 1. The molecule has 27 heavy (non-hydrogen) atoms. The molecule has 13 heteroatoms. The summed E-state index contributed by atoms with van der Waals surface area (Å²) in [5.41, 5.74) is 5.57. The molecule has 0 spiro atoms. The molecular formula is C14H27N3O10. The van der Waals surface area contributed by atoms with E-state index in [1.807, 2.05) is 0 Å². The highest BCUT2D eigenvalue weighted by Gasteiger charge is 2.64. The quantitative estimate of drug-likeness (QED) is 0.163. The summed E-state index contributed by atoms with van der Waals surface area (Å²) >= 11 is 0. The molecule has 0 unspecified atom stereocenters. The van der Waals surface area contributed by atoms with Gasteiger partial charge < -0.3 is 41.1 Å². The van der Waals surface area contributed by atoms with Gasteiger partial charge in [-0.2, -0.15) is 0 Å². The van der Waals surface area contributed by atoms with E-state index < -0.39 is 60.5 Å². The van der Waals surface area contributed by atoms with Crippen LogP contribution in [0.1, 0.15) is 13.3 Å². The predicted octanol–water partition coefficient (Wildman–Crippen LogP) is -4.72. The van der Waals surface area contributed by atoms with Gasteiger partial charge in [-0.25, -0.2) is 10.2 Å². The number of Topliss-reactive ketones (excluding diaryl/α,β-unsaturated/α-hetero) is 1. The monoisotopic (exact) mass is 397 g/mol. The predicted molar refractivity (Wildman–Crippen MR) is 86.5 cm³/mol. The maximum Gasteiger partial charge on any atom is 0.364 e. The van der Waals surface area contributed by atoms with Crippen LogP contribution in [0.3, 0.4) is 0 Å². The number of aliphatic carboxylic acids is 1. The minimum absolute atomic E-state index is 0.0139. The van der Waals surface area contributed by atoms with Crippen LogP contribution in [-0.2, 0) is 19.2 Å². The van der Waals surface area contributed by atoms with E-state index in [4.69, 9.17) is 20.4 Å². The van der Waals surface area contributed by atoms with Crippen LogP contribution in [-0.4, -0.2) is 110 Å². The van der Waals surface area contributed by atoms with Gasteiger partial charge >= 0.3 is 5.97 Å². The van der Waals surface area contributed by atoms with Crippen molar-refractivity contribution in [3.8, 4) is 0 Å². The number of nitrogens with two attached hydrogens (primary N) is 1. The topological polar surface area (TPSA) is 215 Å². The van der Waals surface area contributed by atoms with E-state index in [-0.39, 0.29) is 13.2 Å². The summed E-state index contributed by atoms with van der Waals surface area (Å²) in [5, 5.41) is 60.0. The number of carbonyl (C=O) groups is 2. The molecule has 0 aromatic heterocycles. The number of carboxylic acids is 1. The fraction of sp³-hybridized carbons (Fsp3) is 0.857. The molecule has 0 bridgehead atoms. The number of hydrazine groups is 1. The second-order valence-corrected chi connectivity index (χ2v) is 6.24. The Balaban J connectivity index is 3.40. The van der Waals surface area contributed by atoms with Crippen LogP contribution in [0.5, 0.6) is 0 Å². The SMILES string of the molecule is CC(=O)[C@@]1(NN(C)OCCN)[C@@H](O)C[C@](O)(C(=O)O)O[C@H]1[C@H](O)[C@H](O)CO. The molecule has 1 fully saturated rings. The molecule has 0 aromatic rings. The third kappa shape index (κ3) is 4.78. The van der Waals surface area contributed by atoms with E-state index in [9.17, 15) is 35.1 Å². The lowest BCUT2D eigenvalue weighted by atomic mass is 9.74. The standard InChI is InChI=1S/C14H27N3O10/c1-7(19)14(16-17(2)26-4-3-15)9(21)5-13(25,12(23)24)27-11(14)10(22)8(20)6-18/h8-11,16,18,20-22,25H,3-6,15H2,1-2H3,(H,23,24)/t8-,9+,10-,11+,13-,14-/m1/s1. The Hall–Kier alpha value is -1.26. The van der Waals surface area contributed by atoms with Crippen molar-refractivity contribution in [2.24, 2.45) is 5.73 Å². The molecule has 0 saturated carbocycles. The highest BCUT2D eigenvalue weighted by atomic mass is 16.7. The Morgan fingerprint density at radius 1 is 1.44 bits per heavy atom. The Bertz CT molecular complexity index is 537. The van der Waals surface area contributed by atoms with Crippen molar-refractivity contribution in [2.45, 2.75) is 49.1 Å². The third-order valence-electron chi connectivity index (χ3n) is 4.32. The number of hydrogen-bond acceptors (Lipinski definition) is 12. The van der Waals surface area contributed by atoms with Gasteiger partial charge in [-0.05, 0) is 6.92 Å². The van der Waals surface area contributed by atoms with Gasteiger partial charge in [-0.3, -0.25) is 9.63 Å². The zero-order valence-electron chi connectivity index (χ0n) is 15.0. The Morgan fingerprint density at radius 2 is 2.04 bits per heavy atom. The summed E-state index contributed by atoms with van der Waals surface area (Å²) in [5.74, 6) is -5.64. The molecule has 1 rings (SSSR count). The highest BCUT2D eigenvalue weighted by Crippen LogP contribution is 2.38. The van der Waals surface area contributed by atoms with Crippen molar-refractivity contribution in [1.82, 2.24) is 10.6 Å². The van der Waals surface area contributed by atoms with E-state index >= 15 is 0 Å². The minimum atomic E-state index is -2.95. The molecule has 1 saturated heterocycles. The first-order valence-corrected chi connectivity index (χ1v) is 8.10. The first-order valence-electron chi connectivity index (χ1n) is 8.10. The van der Waals surface area contributed by atoms with Crippen LogP contribution >= 0.6 is 0 Å². The number of nitrogens with zero attached hydrogens (tertiary/aromatic N) is 1. The second kappa shape index (κ2) is 9.29. The van der Waals surface area contributed by atoms with Gasteiger partial charge in [0.1, 0.15) is 23.9 Å². The van der Waals surface area contributed by atoms with Gasteiger partial charge in [-0.15, -0.1) is 5.17 Å². The maximum absolute atomic E-state index is 12.5. The summed E-state index contributed by atoms with van der Waals surface area (Å²) < 4.78 is 5.06. The molecular weight excluding hydrogens is 370 g/mol. The molecule has 1 heterocycles. The molecule has 6 atom stereocenters. The molecule has 0 radical (unpaired) electrons. The number of ether oxygens (including phenoxy) is 1. The van der Waals surface area contributed by atoms with Crippen molar-refractivity contribution in [3.63, 3.8) is 0 Å². The van der Waals surface area contributed by atoms with Gasteiger partial charge in [0.15, 0.2) is 5.78 Å². The largest absolute Gasteiger partial charge is 0.477 e. The summed E-state index contributed by atoms with van der Waals surface area (Å²) in [4.78, 5) is 28.9. The molecule has 9 N–H and O–H groups in total. The number of rotatable bonds is 10. The highest BCUT2D eigenvalue weighted by molar-refractivity contribution is 5.88. The zero-order valence-corrected chi connectivity index (χ0v) is 15.0. The van der Waals surface area contributed by atoms with Crippen LogP contribution in [0.15, 0.2) is 0 Å². The fourth-order valence-corrected chi connectivity index (χ4v) is 2.88. The van der Waals surface area contributed by atoms with Gasteiger partial charge in [-0.1, -0.05) is 0 Å². The van der Waals surface area contributed by atoms with E-state index in [0.717, 1.165) is 12.1 Å². The minimum Gasteiger partial charge on any atom is -0.477 e. The van der Waals surface area contributed by atoms with Crippen molar-refractivity contribution < 1.29 is 49.8 Å². The smallest absolute Gasteiger partial charge is 0.364 e. The molecule has 0 aromatic carbocycles. The van der Waals surface area contributed by atoms with Crippen LogP contribution in [0.2, 0.25) is 0 Å². The summed E-state index contributed by atoms with van der Waals surface area (Å²) in [6.45, 7) is 0.189. The second-order valence-electron chi connectivity index (χ2n) is 6.24. The first kappa shape index (κ1) is 23.8. The molecule has 1 aliphatic rings. The average molecular weight is 397 g/mol. The van der Waals surface area contributed by atoms with Gasteiger partial charge in [0.2, 0.25) is 0 Å². The van der Waals surface area contributed by atoms with Crippen molar-refractivity contribution >= 4 is 11.8 Å². The number of aliphatic hydroxyl groups excluding tert-OH is 4. The summed E-state index contributed by atoms with van der Waals surface area (Å²) in [6.07, 6.45) is -8.73. The Kier molecular flexibility index (Phi) is 8.18. The molecule has 13 nitrogen and oxygen atoms in total. The first-order chi connectivity index (χ1) is 12.5. The van der Waals surface area contributed by atoms with Crippen LogP contribution in [0.4, 0.5) is 0 Å². The van der Waals surface area contributed by atoms with E-state index in [1.54, 1.807) is 0 Å². The number of carboxylic acid groups (broad SMARTS) is 1. The van der Waals surface area contributed by atoms with Crippen molar-refractivity contribution in [3.05, 3.63) is 0 Å². The van der Waals surface area contributed by atoms with E-state index in [0.29, 0.717) is 0 Å². The summed E-state index contributed by atoms with van der Waals surface area (Å²) in [7, 11) is 1.30. The Labute approximate surface area is 154 Å². The third-order valence-corrected chi connectivity index (χ3v) is 4.32. The number of aliphatic hydroxyl groups is 5. The number of nitrogens with one attached hydrogen (secondary N) is 1. The van der Waals surface area contributed by atoms with Crippen LogP contribution in [0, 0.1) is 0 Å². The number of hydrogen-bond donors (Lipinski definition) is 8. The zero-order chi connectivity index (χ0) is 21.0. The Morgan fingerprint density at radius 3 is 2.48 bits per heavy atom. The average Bonchev–Trinajstić information content (AvgIpc) is 2.60. The lowest BCUT2D eigenvalue weighted by molar-refractivity contribution is -0.322. The lowest BCUT2D eigenvalue weighted by Gasteiger charge is -2.52. The molecule has 1 aliphatic heterocycles. The van der Waals surface area contributed by atoms with E-state index in [2.05, 4.69) is 5.43 Å². The van der Waals surface area contributed by atoms with Gasteiger partial charge in [0, 0.05) is 20.0 Å². The van der Waals surface area contributed by atoms with E-state index in [1.165, 1.54) is 7.05 Å². The molecule has 158 valence electrons. The fourth-order valence-electron chi connectivity index (χ4n) is 2.88. The van der Waals surface area contributed by atoms with Gasteiger partial charge in [0.25, 0.3) is 5.79 Å². The van der Waals surface area contributed by atoms with Crippen molar-refractivity contribution in [1.29, 1.82) is 0 Å². The van der Waals surface area contributed by atoms with Crippen molar-refractivity contribution in [2.75, 3.05) is 26.8 Å². The van der Waals surface area contributed by atoms with Crippen LogP contribution < -0.4 is 11.2 Å². The number of hydroxylamine groups is 1. The lowest BCUT2D eigenvalue weighted by Crippen LogP contribution is -2.78.